The molecule has 1 aromatic heterocycles. The molecule has 0 atom stereocenters. The van der Waals surface area contributed by atoms with E-state index in [-0.39, 0.29) is 5.69 Å². The highest BCUT2D eigenvalue weighted by Crippen LogP contribution is 2.27. The molecule has 9 heteroatoms. The molecular weight excluding hydrogens is 432 g/mol. The van der Waals surface area contributed by atoms with Crippen molar-refractivity contribution in [3.05, 3.63) is 68.0 Å². The number of ether oxygens (including phenoxy) is 1. The van der Waals surface area contributed by atoms with E-state index in [4.69, 9.17) is 4.74 Å². The molecule has 3 aromatic rings. The van der Waals surface area contributed by atoms with E-state index in [0.29, 0.717) is 11.7 Å². The third-order valence-corrected chi connectivity index (χ3v) is 4.75. The number of nitro benzene ring substituents is 1. The molecule has 0 aliphatic carbocycles. The van der Waals surface area contributed by atoms with Crippen LogP contribution in [0, 0.1) is 10.1 Å². The monoisotopic (exact) mass is 446 g/mol. The van der Waals surface area contributed by atoms with Crippen molar-refractivity contribution in [2.75, 3.05) is 12.0 Å². The molecule has 0 radical (unpaired) electrons. The van der Waals surface area contributed by atoms with Crippen LogP contribution in [0.4, 0.5) is 10.8 Å². The second-order valence-electron chi connectivity index (χ2n) is 5.33. The lowest BCUT2D eigenvalue weighted by molar-refractivity contribution is -0.384. The zero-order valence-corrected chi connectivity index (χ0v) is 16.7. The first kappa shape index (κ1) is 19.0. The number of anilines is 1. The van der Waals surface area contributed by atoms with E-state index >= 15 is 0 Å². The van der Waals surface area contributed by atoms with Gasteiger partial charge in [-0.25, -0.2) is 4.98 Å². The maximum Gasteiger partial charge on any atom is 0.269 e. The number of rotatable bonds is 7. The Kier molecular flexibility index (Phi) is 6.15. The number of halogens is 1. The van der Waals surface area contributed by atoms with Crippen LogP contribution in [-0.4, -0.2) is 22.7 Å². The Balaban J connectivity index is 1.70. The zero-order valence-electron chi connectivity index (χ0n) is 14.3. The summed E-state index contributed by atoms with van der Waals surface area (Å²) in [4.78, 5) is 14.7. The number of nitrogens with one attached hydrogen (secondary N) is 1. The van der Waals surface area contributed by atoms with Crippen LogP contribution in [0.2, 0.25) is 0 Å². The largest absolute Gasteiger partial charge is 0.493 e. The highest BCUT2D eigenvalue weighted by molar-refractivity contribution is 9.10. The number of nitrogens with zero attached hydrogens (tertiary/aromatic N) is 3. The van der Waals surface area contributed by atoms with Gasteiger partial charge in [0.1, 0.15) is 5.75 Å². The summed E-state index contributed by atoms with van der Waals surface area (Å²) in [6.07, 6.45) is 1.67. The second kappa shape index (κ2) is 8.74. The van der Waals surface area contributed by atoms with Crippen molar-refractivity contribution < 1.29 is 9.66 Å². The van der Waals surface area contributed by atoms with E-state index in [1.807, 2.05) is 30.5 Å². The van der Waals surface area contributed by atoms with Gasteiger partial charge in [-0.3, -0.25) is 15.5 Å². The number of hydrogen-bond donors (Lipinski definition) is 1. The minimum Gasteiger partial charge on any atom is -0.493 e. The quantitative estimate of drug-likeness (QED) is 0.301. The molecule has 0 bridgehead atoms. The number of nitro groups is 1. The lowest BCUT2D eigenvalue weighted by Crippen LogP contribution is -1.97. The van der Waals surface area contributed by atoms with Gasteiger partial charge in [-0.15, -0.1) is 11.3 Å². The lowest BCUT2D eigenvalue weighted by atomic mass is 10.1. The maximum atomic E-state index is 10.7. The van der Waals surface area contributed by atoms with Crippen molar-refractivity contribution in [1.82, 2.24) is 4.98 Å². The summed E-state index contributed by atoms with van der Waals surface area (Å²) in [7, 11) is 0. The number of hydrogen-bond acceptors (Lipinski definition) is 7. The van der Waals surface area contributed by atoms with Crippen LogP contribution in [-0.2, 0) is 0 Å². The number of aromatic nitrogens is 1. The minimum atomic E-state index is -0.426. The first-order valence-electron chi connectivity index (χ1n) is 7.98. The molecule has 27 heavy (non-hydrogen) atoms. The average Bonchev–Trinajstić information content (AvgIpc) is 3.13. The van der Waals surface area contributed by atoms with Gasteiger partial charge >= 0.3 is 0 Å². The average molecular weight is 447 g/mol. The topological polar surface area (TPSA) is 89.7 Å². The van der Waals surface area contributed by atoms with E-state index in [1.54, 1.807) is 18.3 Å². The predicted molar refractivity (Wildman–Crippen MR) is 111 cm³/mol. The molecule has 0 saturated carbocycles. The molecule has 138 valence electrons. The molecule has 0 saturated heterocycles. The summed E-state index contributed by atoms with van der Waals surface area (Å²) in [6.45, 7) is 2.50. The van der Waals surface area contributed by atoms with E-state index < -0.39 is 4.92 Å². The van der Waals surface area contributed by atoms with Gasteiger partial charge in [-0.2, -0.15) is 5.10 Å². The van der Waals surface area contributed by atoms with E-state index in [2.05, 4.69) is 31.4 Å². The molecule has 3 rings (SSSR count). The van der Waals surface area contributed by atoms with Crippen LogP contribution in [0.1, 0.15) is 12.5 Å². The third kappa shape index (κ3) is 4.89. The smallest absolute Gasteiger partial charge is 0.269 e. The molecule has 0 aliphatic rings. The van der Waals surface area contributed by atoms with Crippen LogP contribution in [0.15, 0.2) is 57.4 Å². The Morgan fingerprint density at radius 3 is 2.81 bits per heavy atom. The van der Waals surface area contributed by atoms with E-state index in [0.717, 1.165) is 27.0 Å². The van der Waals surface area contributed by atoms with E-state index in [9.17, 15) is 10.1 Å². The Bertz CT molecular complexity index is 973. The number of benzene rings is 2. The molecule has 0 unspecified atom stereocenters. The number of thiazole rings is 1. The zero-order chi connectivity index (χ0) is 19.2. The van der Waals surface area contributed by atoms with Crippen molar-refractivity contribution in [3.8, 4) is 17.0 Å². The SMILES string of the molecule is CCOc1ccc(Br)cc1/C=N/Nc1nc(-c2ccc([N+](=O)[O-])cc2)cs1. The highest BCUT2D eigenvalue weighted by Gasteiger charge is 2.08. The first-order valence-corrected chi connectivity index (χ1v) is 9.66. The molecule has 1 N–H and O–H groups in total. The van der Waals surface area contributed by atoms with Crippen LogP contribution in [0.25, 0.3) is 11.3 Å². The number of non-ortho nitro benzene ring substituents is 1. The fourth-order valence-electron chi connectivity index (χ4n) is 2.28. The van der Waals surface area contributed by atoms with Crippen molar-refractivity contribution >= 4 is 44.3 Å². The molecule has 0 aliphatic heterocycles. The van der Waals surface area contributed by atoms with Crippen molar-refractivity contribution in [3.63, 3.8) is 0 Å². The van der Waals surface area contributed by atoms with Crippen LogP contribution >= 0.6 is 27.3 Å². The van der Waals surface area contributed by atoms with Gasteiger partial charge in [0.05, 0.1) is 23.4 Å². The van der Waals surface area contributed by atoms with Gasteiger partial charge in [-0.1, -0.05) is 15.9 Å². The fraction of sp³-hybridized carbons (Fsp3) is 0.111. The Morgan fingerprint density at radius 1 is 1.33 bits per heavy atom. The van der Waals surface area contributed by atoms with Crippen molar-refractivity contribution in [1.29, 1.82) is 0 Å². The summed E-state index contributed by atoms with van der Waals surface area (Å²) in [6, 6.07) is 12.0. The summed E-state index contributed by atoms with van der Waals surface area (Å²) < 4.78 is 6.51. The van der Waals surface area contributed by atoms with Crippen LogP contribution in [0.3, 0.4) is 0 Å². The number of hydrazone groups is 1. The molecule has 0 fully saturated rings. The molecule has 0 amide bonds. The summed E-state index contributed by atoms with van der Waals surface area (Å²) in [5, 5.41) is 17.4. The van der Waals surface area contributed by atoms with E-state index in [1.165, 1.54) is 23.5 Å². The van der Waals surface area contributed by atoms with Crippen LogP contribution < -0.4 is 10.2 Å². The third-order valence-electron chi connectivity index (χ3n) is 3.51. The summed E-state index contributed by atoms with van der Waals surface area (Å²) in [5.74, 6) is 0.747. The predicted octanol–water partition coefficient (Wildman–Crippen LogP) is 5.33. The van der Waals surface area contributed by atoms with Crippen molar-refractivity contribution in [2.45, 2.75) is 6.92 Å². The Labute approximate surface area is 168 Å². The molecule has 2 aromatic carbocycles. The van der Waals surface area contributed by atoms with Gasteiger partial charge in [-0.05, 0) is 37.3 Å². The summed E-state index contributed by atoms with van der Waals surface area (Å²) >= 11 is 4.83. The van der Waals surface area contributed by atoms with Gasteiger partial charge in [0.2, 0.25) is 5.13 Å². The molecule has 7 nitrogen and oxygen atoms in total. The standard InChI is InChI=1S/C18H15BrN4O3S/c1-2-26-17-8-5-14(19)9-13(17)10-20-22-18-21-16(11-27-18)12-3-6-15(7-4-12)23(24)25/h3-11H,2H2,1H3,(H,21,22)/b20-10+. The minimum absolute atomic E-state index is 0.0519. The van der Waals surface area contributed by atoms with Crippen LogP contribution in [0.5, 0.6) is 5.75 Å². The van der Waals surface area contributed by atoms with Gasteiger partial charge in [0, 0.05) is 33.1 Å². The maximum absolute atomic E-state index is 10.7. The fourth-order valence-corrected chi connectivity index (χ4v) is 3.32. The lowest BCUT2D eigenvalue weighted by Gasteiger charge is -2.06. The molecule has 0 spiro atoms. The summed E-state index contributed by atoms with van der Waals surface area (Å²) in [5.41, 5.74) is 5.32. The van der Waals surface area contributed by atoms with Crippen molar-refractivity contribution in [2.24, 2.45) is 5.10 Å². The Morgan fingerprint density at radius 2 is 2.11 bits per heavy atom. The van der Waals surface area contributed by atoms with Gasteiger partial charge in [0.25, 0.3) is 5.69 Å². The molecule has 1 heterocycles. The highest BCUT2D eigenvalue weighted by atomic mass is 79.9. The van der Waals surface area contributed by atoms with Gasteiger partial charge in [0.15, 0.2) is 0 Å². The first-order chi connectivity index (χ1) is 13.1. The normalized spacial score (nSPS) is 10.9. The van der Waals surface area contributed by atoms with Gasteiger partial charge < -0.3 is 4.74 Å². The second-order valence-corrected chi connectivity index (χ2v) is 7.10. The Hall–Kier alpha value is -2.78. The molecular formula is C18H15BrN4O3S.